The van der Waals surface area contributed by atoms with E-state index in [-0.39, 0.29) is 12.5 Å². The fourth-order valence-corrected chi connectivity index (χ4v) is 3.89. The lowest BCUT2D eigenvalue weighted by Crippen LogP contribution is -2.18. The van der Waals surface area contributed by atoms with Crippen LogP contribution in [-0.4, -0.2) is 17.4 Å². The maximum absolute atomic E-state index is 11.8. The van der Waals surface area contributed by atoms with Crippen LogP contribution < -0.4 is 4.90 Å². The molecule has 5 heteroatoms. The van der Waals surface area contributed by atoms with E-state index < -0.39 is 12.3 Å². The summed E-state index contributed by atoms with van der Waals surface area (Å²) < 4.78 is 10.9. The topological polar surface area (TPSA) is 59.0 Å². The first kappa shape index (κ1) is 26.1. The van der Waals surface area contributed by atoms with Gasteiger partial charge in [0.05, 0.1) is 6.61 Å². The Morgan fingerprint density at radius 1 is 0.811 bits per heavy atom. The number of carbonyl (C=O) groups is 1. The first-order valence-corrected chi connectivity index (χ1v) is 12.4. The molecule has 0 heterocycles. The van der Waals surface area contributed by atoms with Gasteiger partial charge in [-0.1, -0.05) is 75.0 Å². The molecule has 0 aliphatic carbocycles. The van der Waals surface area contributed by atoms with Gasteiger partial charge in [0.25, 0.3) is 0 Å². The molecule has 4 rings (SSSR count). The molecule has 4 aromatic rings. The minimum Gasteiger partial charge on any atom is -0.457 e. The summed E-state index contributed by atoms with van der Waals surface area (Å²) in [6.07, 6.45) is -0.790. The molecule has 5 nitrogen and oxygen atoms in total. The number of aliphatic hydroxyl groups is 1. The minimum absolute atomic E-state index is 0.0370. The van der Waals surface area contributed by atoms with Gasteiger partial charge in [0.15, 0.2) is 6.29 Å². The molecule has 0 radical (unpaired) electrons. The number of rotatable bonds is 10. The molecule has 0 bridgehead atoms. The van der Waals surface area contributed by atoms with E-state index in [1.165, 1.54) is 5.39 Å². The number of ether oxygens (including phenoxy) is 2. The number of hydrogen-bond acceptors (Lipinski definition) is 5. The lowest BCUT2D eigenvalue weighted by molar-refractivity contribution is -0.140. The molecule has 1 unspecified atom stereocenters. The molecular weight excluding hydrogens is 462 g/mol. The number of nitrogens with zero attached hydrogens (tertiary/aromatic N) is 1. The maximum Gasteiger partial charge on any atom is 0.333 e. The molecule has 37 heavy (non-hydrogen) atoms. The highest BCUT2D eigenvalue weighted by molar-refractivity contribution is 5.89. The summed E-state index contributed by atoms with van der Waals surface area (Å²) in [5.74, 6) is -0.359. The fourth-order valence-electron chi connectivity index (χ4n) is 3.89. The largest absolute Gasteiger partial charge is 0.457 e. The Bertz CT molecular complexity index is 1360. The van der Waals surface area contributed by atoms with E-state index in [1.807, 2.05) is 62.4 Å². The Balaban J connectivity index is 1.63. The molecule has 1 N–H and O–H groups in total. The van der Waals surface area contributed by atoms with E-state index in [0.717, 1.165) is 33.6 Å². The van der Waals surface area contributed by atoms with Crippen LogP contribution in [0, 0.1) is 5.92 Å². The van der Waals surface area contributed by atoms with Crippen molar-refractivity contribution >= 4 is 33.8 Å². The van der Waals surface area contributed by atoms with Crippen LogP contribution in [-0.2, 0) is 27.5 Å². The third-order valence-corrected chi connectivity index (χ3v) is 6.09. The van der Waals surface area contributed by atoms with Crippen molar-refractivity contribution in [1.82, 2.24) is 0 Å². The van der Waals surface area contributed by atoms with Gasteiger partial charge < -0.3 is 19.5 Å². The summed E-state index contributed by atoms with van der Waals surface area (Å²) in [6, 6.07) is 30.8. The summed E-state index contributed by atoms with van der Waals surface area (Å²) >= 11 is 0. The average Bonchev–Trinajstić information content (AvgIpc) is 2.91. The molecule has 0 fully saturated rings. The molecule has 0 saturated carbocycles. The van der Waals surface area contributed by atoms with Crippen LogP contribution in [0.3, 0.4) is 0 Å². The van der Waals surface area contributed by atoms with E-state index in [4.69, 9.17) is 9.47 Å². The molecule has 0 spiro atoms. The number of anilines is 3. The van der Waals surface area contributed by atoms with Gasteiger partial charge in [0.1, 0.15) is 6.61 Å². The van der Waals surface area contributed by atoms with Gasteiger partial charge in [-0.2, -0.15) is 0 Å². The zero-order valence-corrected chi connectivity index (χ0v) is 21.6. The zero-order chi connectivity index (χ0) is 26.4. The summed E-state index contributed by atoms with van der Waals surface area (Å²) in [7, 11) is 0. The molecule has 4 aromatic carbocycles. The summed E-state index contributed by atoms with van der Waals surface area (Å²) in [6.45, 7) is 9.64. The van der Waals surface area contributed by atoms with Crippen molar-refractivity contribution in [1.29, 1.82) is 0 Å². The second-order valence-corrected chi connectivity index (χ2v) is 9.50. The second kappa shape index (κ2) is 11.9. The normalized spacial score (nSPS) is 11.9. The van der Waals surface area contributed by atoms with Crippen molar-refractivity contribution in [3.8, 4) is 0 Å². The number of esters is 1. The summed E-state index contributed by atoms with van der Waals surface area (Å²) in [4.78, 5) is 13.9. The molecule has 1 atom stereocenters. The van der Waals surface area contributed by atoms with E-state index in [2.05, 4.69) is 53.9 Å². The van der Waals surface area contributed by atoms with E-state index in [0.29, 0.717) is 12.2 Å². The third-order valence-electron chi connectivity index (χ3n) is 6.09. The molecular formula is C32H33NO4. The van der Waals surface area contributed by atoms with Gasteiger partial charge in [0, 0.05) is 28.6 Å². The van der Waals surface area contributed by atoms with Crippen molar-refractivity contribution in [2.24, 2.45) is 5.92 Å². The predicted molar refractivity (Wildman–Crippen MR) is 149 cm³/mol. The maximum atomic E-state index is 11.8. The minimum atomic E-state index is -0.790. The predicted octanol–water partition coefficient (Wildman–Crippen LogP) is 7.42. The molecule has 0 aliphatic heterocycles. The lowest BCUT2D eigenvalue weighted by Gasteiger charge is -2.26. The van der Waals surface area contributed by atoms with Gasteiger partial charge in [0.2, 0.25) is 0 Å². The Morgan fingerprint density at radius 2 is 1.35 bits per heavy atom. The van der Waals surface area contributed by atoms with Crippen LogP contribution in [0.2, 0.25) is 0 Å². The van der Waals surface area contributed by atoms with Crippen LogP contribution in [0.1, 0.15) is 31.9 Å². The van der Waals surface area contributed by atoms with Crippen LogP contribution in [0.5, 0.6) is 0 Å². The highest BCUT2D eigenvalue weighted by Gasteiger charge is 2.14. The Hall–Kier alpha value is -3.93. The van der Waals surface area contributed by atoms with Crippen molar-refractivity contribution < 1.29 is 19.4 Å². The van der Waals surface area contributed by atoms with Crippen LogP contribution in [0.4, 0.5) is 17.1 Å². The highest BCUT2D eigenvalue weighted by Crippen LogP contribution is 2.36. The molecule has 0 aliphatic rings. The number of carbonyl (C=O) groups excluding carboxylic acids is 1. The smallest absolute Gasteiger partial charge is 0.333 e. The zero-order valence-electron chi connectivity index (χ0n) is 21.6. The van der Waals surface area contributed by atoms with Gasteiger partial charge in [-0.3, -0.25) is 0 Å². The first-order valence-electron chi connectivity index (χ1n) is 12.4. The number of benzene rings is 4. The van der Waals surface area contributed by atoms with Crippen molar-refractivity contribution in [2.75, 3.05) is 4.90 Å². The Kier molecular flexibility index (Phi) is 8.39. The second-order valence-electron chi connectivity index (χ2n) is 9.50. The Morgan fingerprint density at radius 3 is 1.92 bits per heavy atom. The van der Waals surface area contributed by atoms with Gasteiger partial charge in [-0.05, 0) is 65.2 Å². The lowest BCUT2D eigenvalue weighted by atomic mass is 10.1. The van der Waals surface area contributed by atoms with E-state index in [1.54, 1.807) is 6.92 Å². The van der Waals surface area contributed by atoms with Crippen molar-refractivity contribution in [3.63, 3.8) is 0 Å². The van der Waals surface area contributed by atoms with E-state index in [9.17, 15) is 9.90 Å². The third kappa shape index (κ3) is 6.64. The molecule has 0 saturated heterocycles. The molecule has 0 amide bonds. The van der Waals surface area contributed by atoms with E-state index >= 15 is 0 Å². The Labute approximate surface area is 218 Å². The van der Waals surface area contributed by atoms with Gasteiger partial charge in [-0.25, -0.2) is 4.79 Å². The standard InChI is InChI=1S/C32H33NO4/c1-22(2)31(34)36-20-24-9-14-28(15-10-24)33(30-18-13-26-7-5-6-8-27(26)19-30)29-16-11-25(12-17-29)21-37-32(35)23(3)4/h5-19,23,32,35H,1,20-21H2,2-4H3. The average molecular weight is 496 g/mol. The summed E-state index contributed by atoms with van der Waals surface area (Å²) in [5, 5.41) is 12.3. The van der Waals surface area contributed by atoms with Crippen LogP contribution >= 0.6 is 0 Å². The fraction of sp³-hybridized carbons (Fsp3) is 0.219. The number of hydrogen-bond donors (Lipinski definition) is 1. The molecule has 190 valence electrons. The summed E-state index contributed by atoms with van der Waals surface area (Å²) in [5.41, 5.74) is 5.25. The van der Waals surface area contributed by atoms with Gasteiger partial charge >= 0.3 is 5.97 Å². The SMILES string of the molecule is C=C(C)C(=O)OCc1ccc(N(c2ccc(COC(O)C(C)C)cc2)c2ccc3ccccc3c2)cc1. The monoisotopic (exact) mass is 495 g/mol. The van der Waals surface area contributed by atoms with Crippen molar-refractivity contribution in [2.45, 2.75) is 40.3 Å². The first-order chi connectivity index (χ1) is 17.8. The molecule has 0 aromatic heterocycles. The number of fused-ring (bicyclic) bond motifs is 1. The highest BCUT2D eigenvalue weighted by atomic mass is 16.6. The van der Waals surface area contributed by atoms with Gasteiger partial charge in [-0.15, -0.1) is 0 Å². The number of aliphatic hydroxyl groups excluding tert-OH is 1. The van der Waals surface area contributed by atoms with Crippen LogP contribution in [0.15, 0.2) is 103 Å². The van der Waals surface area contributed by atoms with Crippen molar-refractivity contribution in [3.05, 3.63) is 114 Å². The van der Waals surface area contributed by atoms with Crippen LogP contribution in [0.25, 0.3) is 10.8 Å². The quantitative estimate of drug-likeness (QED) is 0.141.